The number of rotatable bonds is 4. The fraction of sp³-hybridized carbons (Fsp3) is 0. The lowest BCUT2D eigenvalue weighted by Crippen LogP contribution is -2.11. The Morgan fingerprint density at radius 3 is 2.38 bits per heavy atom. The Balaban J connectivity index is 2.35. The Kier molecular flexibility index (Phi) is 3.98. The van der Waals surface area contributed by atoms with Gasteiger partial charge in [0, 0.05) is 22.3 Å². The Morgan fingerprint density at radius 1 is 1.12 bits per heavy atom. The van der Waals surface area contributed by atoms with Gasteiger partial charge in [-0.15, -0.1) is 0 Å². The maximum atomic E-state index is 12.8. The van der Waals surface area contributed by atoms with E-state index in [1.165, 1.54) is 30.3 Å². The van der Waals surface area contributed by atoms with Crippen LogP contribution < -0.4 is 0 Å². The molecule has 0 fully saturated rings. The van der Waals surface area contributed by atoms with Gasteiger partial charge in [-0.3, -0.25) is 14.9 Å². The number of aromatic nitrogens is 1. The van der Waals surface area contributed by atoms with E-state index in [0.717, 1.165) is 10.2 Å². The molecular weight excluding hydrogens is 400 g/mol. The van der Waals surface area contributed by atoms with Gasteiger partial charge in [-0.2, -0.15) is 0 Å². The van der Waals surface area contributed by atoms with E-state index < -0.39 is 14.9 Å². The zero-order chi connectivity index (χ0) is 17.5. The summed E-state index contributed by atoms with van der Waals surface area (Å²) in [5, 5.41) is 11.2. The number of fused-ring (bicyclic) bond motifs is 1. The molecule has 122 valence electrons. The second-order valence-electron chi connectivity index (χ2n) is 4.89. The fourth-order valence-electron chi connectivity index (χ4n) is 2.43. The fourth-order valence-corrected chi connectivity index (χ4v) is 4.06. The molecule has 0 aliphatic carbocycles. The van der Waals surface area contributed by atoms with E-state index in [4.69, 9.17) is 0 Å². The summed E-state index contributed by atoms with van der Waals surface area (Å²) in [6.45, 7) is 0. The number of nitro benzene ring substituents is 1. The number of nitrogens with zero attached hydrogens (tertiary/aromatic N) is 2. The van der Waals surface area contributed by atoms with E-state index in [2.05, 4.69) is 15.9 Å². The predicted molar refractivity (Wildman–Crippen MR) is 90.7 cm³/mol. The number of nitro groups is 1. The molecule has 0 spiro atoms. The molecule has 0 aliphatic rings. The Hall–Kier alpha value is -2.52. The highest BCUT2D eigenvalue weighted by Gasteiger charge is 2.25. The first-order valence-corrected chi connectivity index (χ1v) is 8.84. The molecule has 1 aromatic heterocycles. The van der Waals surface area contributed by atoms with Crippen molar-refractivity contribution in [3.63, 3.8) is 0 Å². The van der Waals surface area contributed by atoms with Crippen LogP contribution in [0, 0.1) is 10.1 Å². The molecule has 0 radical (unpaired) electrons. The highest BCUT2D eigenvalue weighted by molar-refractivity contribution is 9.10. The first-order chi connectivity index (χ1) is 11.4. The quantitative estimate of drug-likeness (QED) is 0.374. The molecule has 3 aromatic rings. The number of carbonyl (C=O) groups excluding carboxylic acids is 1. The highest BCUT2D eigenvalue weighted by atomic mass is 79.9. The van der Waals surface area contributed by atoms with E-state index in [0.29, 0.717) is 10.8 Å². The van der Waals surface area contributed by atoms with Crippen molar-refractivity contribution in [3.8, 4) is 0 Å². The minimum Gasteiger partial charge on any atom is -0.298 e. The van der Waals surface area contributed by atoms with Crippen molar-refractivity contribution < 1.29 is 18.1 Å². The summed E-state index contributed by atoms with van der Waals surface area (Å²) < 4.78 is 27.3. The van der Waals surface area contributed by atoms with Crippen LogP contribution in [0.1, 0.15) is 10.4 Å². The lowest BCUT2D eigenvalue weighted by atomic mass is 10.1. The number of non-ortho nitro benzene ring substituents is 1. The van der Waals surface area contributed by atoms with Crippen LogP contribution in [0.5, 0.6) is 0 Å². The third-order valence-electron chi connectivity index (χ3n) is 3.50. The minimum atomic E-state index is -4.00. The second-order valence-corrected chi connectivity index (χ2v) is 7.62. The summed E-state index contributed by atoms with van der Waals surface area (Å²) in [4.78, 5) is 21.8. The number of hydrogen-bond acceptors (Lipinski definition) is 5. The molecule has 0 unspecified atom stereocenters. The maximum Gasteiger partial charge on any atom is 0.279 e. The molecule has 9 heteroatoms. The minimum absolute atomic E-state index is 0.00168. The van der Waals surface area contributed by atoms with E-state index in [-0.39, 0.29) is 27.0 Å². The smallest absolute Gasteiger partial charge is 0.279 e. The SMILES string of the molecule is O=Cc1cn(S(=O)(=O)c2ccc(Br)cc2)c2cccc([N+](=O)[O-])c12. The van der Waals surface area contributed by atoms with E-state index >= 15 is 0 Å². The van der Waals surface area contributed by atoms with Gasteiger partial charge in [0.2, 0.25) is 0 Å². The summed E-state index contributed by atoms with van der Waals surface area (Å²) in [5.41, 5.74) is -0.299. The molecule has 0 saturated carbocycles. The third kappa shape index (κ3) is 2.51. The Labute approximate surface area is 144 Å². The lowest BCUT2D eigenvalue weighted by molar-refractivity contribution is -0.383. The van der Waals surface area contributed by atoms with Gasteiger partial charge >= 0.3 is 0 Å². The summed E-state index contributed by atoms with van der Waals surface area (Å²) in [7, 11) is -4.00. The lowest BCUT2D eigenvalue weighted by Gasteiger charge is -2.07. The normalized spacial score (nSPS) is 11.5. The molecule has 0 bridgehead atoms. The first-order valence-electron chi connectivity index (χ1n) is 6.61. The summed E-state index contributed by atoms with van der Waals surface area (Å²) in [5.74, 6) is 0. The zero-order valence-corrected chi connectivity index (χ0v) is 14.3. The van der Waals surface area contributed by atoms with Gasteiger partial charge in [0.15, 0.2) is 6.29 Å². The van der Waals surface area contributed by atoms with Crippen molar-refractivity contribution in [2.75, 3.05) is 0 Å². The van der Waals surface area contributed by atoms with Crippen LogP contribution in [-0.2, 0) is 10.0 Å². The third-order valence-corrected chi connectivity index (χ3v) is 5.71. The van der Waals surface area contributed by atoms with Crippen molar-refractivity contribution in [3.05, 3.63) is 68.8 Å². The van der Waals surface area contributed by atoms with Crippen molar-refractivity contribution >= 4 is 48.8 Å². The predicted octanol–water partition coefficient (Wildman–Crippen LogP) is 3.36. The first kappa shape index (κ1) is 16.3. The van der Waals surface area contributed by atoms with Crippen molar-refractivity contribution in [2.45, 2.75) is 4.90 Å². The van der Waals surface area contributed by atoms with Crippen LogP contribution in [-0.4, -0.2) is 23.6 Å². The van der Waals surface area contributed by atoms with Crippen LogP contribution >= 0.6 is 15.9 Å². The van der Waals surface area contributed by atoms with Crippen molar-refractivity contribution in [1.29, 1.82) is 0 Å². The van der Waals surface area contributed by atoms with E-state index in [9.17, 15) is 23.3 Å². The maximum absolute atomic E-state index is 12.8. The molecule has 1 heterocycles. The van der Waals surface area contributed by atoms with Gasteiger partial charge in [-0.1, -0.05) is 22.0 Å². The van der Waals surface area contributed by atoms with Crippen LogP contribution in [0.3, 0.4) is 0 Å². The Bertz CT molecular complexity index is 1070. The van der Waals surface area contributed by atoms with Gasteiger partial charge in [0.1, 0.15) is 0 Å². The molecule has 0 saturated heterocycles. The monoisotopic (exact) mass is 408 g/mol. The van der Waals surface area contributed by atoms with Gasteiger partial charge in [0.05, 0.1) is 20.7 Å². The highest BCUT2D eigenvalue weighted by Crippen LogP contribution is 2.32. The van der Waals surface area contributed by atoms with E-state index in [1.54, 1.807) is 12.1 Å². The van der Waals surface area contributed by atoms with Gasteiger partial charge in [-0.05, 0) is 30.3 Å². The van der Waals surface area contributed by atoms with Crippen LogP contribution in [0.15, 0.2) is 58.0 Å². The molecule has 0 aliphatic heterocycles. The van der Waals surface area contributed by atoms with Gasteiger partial charge < -0.3 is 0 Å². The van der Waals surface area contributed by atoms with Crippen molar-refractivity contribution in [2.24, 2.45) is 0 Å². The molecule has 0 atom stereocenters. The van der Waals surface area contributed by atoms with Crippen molar-refractivity contribution in [1.82, 2.24) is 3.97 Å². The van der Waals surface area contributed by atoms with E-state index in [1.807, 2.05) is 0 Å². The Morgan fingerprint density at radius 2 is 1.79 bits per heavy atom. The number of halogens is 1. The number of benzene rings is 2. The standard InChI is InChI=1S/C15H9BrN2O5S/c16-11-4-6-12(7-5-11)24(22,23)17-8-10(9-19)15-13(17)2-1-3-14(15)18(20)21/h1-9H. The van der Waals surface area contributed by atoms with Crippen LogP contribution in [0.25, 0.3) is 10.9 Å². The summed E-state index contributed by atoms with van der Waals surface area (Å²) >= 11 is 3.23. The van der Waals surface area contributed by atoms with Gasteiger partial charge in [0.25, 0.3) is 15.7 Å². The second kappa shape index (κ2) is 5.84. The molecular formula is C15H9BrN2O5S. The average molecular weight is 409 g/mol. The number of hydrogen-bond donors (Lipinski definition) is 0. The topological polar surface area (TPSA) is 99.3 Å². The molecule has 24 heavy (non-hydrogen) atoms. The molecule has 0 N–H and O–H groups in total. The molecule has 2 aromatic carbocycles. The molecule has 0 amide bonds. The van der Waals surface area contributed by atoms with Crippen LogP contribution in [0.2, 0.25) is 0 Å². The molecule has 7 nitrogen and oxygen atoms in total. The molecule has 3 rings (SSSR count). The number of carbonyl (C=O) groups is 1. The summed E-state index contributed by atoms with van der Waals surface area (Å²) in [6.07, 6.45) is 1.50. The van der Waals surface area contributed by atoms with Crippen LogP contribution in [0.4, 0.5) is 5.69 Å². The summed E-state index contributed by atoms with van der Waals surface area (Å²) in [6, 6.07) is 9.98. The number of aldehydes is 1. The average Bonchev–Trinajstić information content (AvgIpc) is 2.94. The largest absolute Gasteiger partial charge is 0.298 e. The zero-order valence-electron chi connectivity index (χ0n) is 11.9. The van der Waals surface area contributed by atoms with Gasteiger partial charge in [-0.25, -0.2) is 12.4 Å².